The van der Waals surface area contributed by atoms with Crippen LogP contribution in [0.2, 0.25) is 0 Å². The van der Waals surface area contributed by atoms with Gasteiger partial charge in [0.2, 0.25) is 18.4 Å². The van der Waals surface area contributed by atoms with Crippen molar-refractivity contribution in [3.05, 3.63) is 35.2 Å². The molecule has 0 atom stereocenters. The van der Waals surface area contributed by atoms with Crippen LogP contribution in [0.15, 0.2) is 27.9 Å². The Morgan fingerprint density at radius 1 is 1.39 bits per heavy atom. The molecule has 2 aromatic heterocycles. The van der Waals surface area contributed by atoms with Gasteiger partial charge in [0.1, 0.15) is 5.69 Å². The molecule has 144 valence electrons. The Balaban J connectivity index is 1.52. The maximum Gasteiger partial charge on any atom is 0.293 e. The van der Waals surface area contributed by atoms with Gasteiger partial charge in [0.25, 0.3) is 5.91 Å². The van der Waals surface area contributed by atoms with Gasteiger partial charge in [0.15, 0.2) is 17.2 Å². The Bertz CT molecular complexity index is 1040. The van der Waals surface area contributed by atoms with E-state index in [1.165, 1.54) is 18.0 Å². The van der Waals surface area contributed by atoms with Gasteiger partial charge in [-0.05, 0) is 34.1 Å². The predicted octanol–water partition coefficient (Wildman–Crippen LogP) is -0.129. The molecule has 3 aromatic rings. The van der Waals surface area contributed by atoms with Gasteiger partial charge in [-0.15, -0.1) is 5.10 Å². The number of carbonyl (C=O) groups is 1. The van der Waals surface area contributed by atoms with E-state index in [9.17, 15) is 4.79 Å². The number of fused-ring (bicyclic) bond motifs is 1. The number of nitrogens with zero attached hydrogens (tertiary/aromatic N) is 6. The highest BCUT2D eigenvalue weighted by atomic mass is 16.7. The van der Waals surface area contributed by atoms with Gasteiger partial charge >= 0.3 is 0 Å². The molecule has 28 heavy (non-hydrogen) atoms. The molecule has 0 radical (unpaired) electrons. The summed E-state index contributed by atoms with van der Waals surface area (Å²) in [5.74, 6) is 0.769. The van der Waals surface area contributed by atoms with E-state index in [0.29, 0.717) is 22.8 Å². The van der Waals surface area contributed by atoms with Crippen molar-refractivity contribution in [2.75, 3.05) is 19.6 Å². The van der Waals surface area contributed by atoms with Crippen LogP contribution in [-0.4, -0.2) is 51.3 Å². The van der Waals surface area contributed by atoms with Crippen molar-refractivity contribution in [1.82, 2.24) is 30.7 Å². The van der Waals surface area contributed by atoms with Crippen molar-refractivity contribution in [3.8, 4) is 17.3 Å². The predicted molar refractivity (Wildman–Crippen MR) is 92.0 cm³/mol. The number of carbonyl (C=O) groups excluding carboxylic acids is 1. The summed E-state index contributed by atoms with van der Waals surface area (Å²) in [7, 11) is 1.46. The maximum absolute atomic E-state index is 12.5. The third-order valence-corrected chi connectivity index (χ3v) is 3.73. The first kappa shape index (κ1) is 17.4. The normalized spacial score (nSPS) is 12.6. The van der Waals surface area contributed by atoms with Gasteiger partial charge in [0.05, 0.1) is 12.8 Å². The van der Waals surface area contributed by atoms with Gasteiger partial charge in [-0.1, -0.05) is 5.21 Å². The van der Waals surface area contributed by atoms with Crippen LogP contribution in [0, 0.1) is 0 Å². The molecule has 0 spiro atoms. The lowest BCUT2D eigenvalue weighted by Gasteiger charge is -2.04. The molecule has 13 nitrogen and oxygen atoms in total. The summed E-state index contributed by atoms with van der Waals surface area (Å²) < 4.78 is 21.4. The summed E-state index contributed by atoms with van der Waals surface area (Å²) in [4.78, 5) is 12.5. The molecule has 0 saturated heterocycles. The topological polar surface area (TPSA) is 165 Å². The van der Waals surface area contributed by atoms with E-state index in [4.69, 9.17) is 19.9 Å². The number of nitrogens with one attached hydrogen (secondary N) is 1. The fourth-order valence-electron chi connectivity index (χ4n) is 2.46. The number of hydrazone groups is 1. The largest absolute Gasteiger partial charge is 0.454 e. The Morgan fingerprint density at radius 2 is 2.25 bits per heavy atom. The van der Waals surface area contributed by atoms with Crippen molar-refractivity contribution >= 4 is 17.9 Å². The summed E-state index contributed by atoms with van der Waals surface area (Å²) in [5.41, 5.74) is 9.06. The quantitative estimate of drug-likeness (QED) is 0.430. The lowest BCUT2D eigenvalue weighted by Crippen LogP contribution is -2.20. The number of amides is 1. The van der Waals surface area contributed by atoms with Crippen molar-refractivity contribution in [2.24, 2.45) is 5.10 Å². The van der Waals surface area contributed by atoms with Gasteiger partial charge in [-0.25, -0.2) is 10.1 Å². The standard InChI is InChI=1S/C15H14N8O5/c1-25-6-9-12(18-22-23(9)14-13(16)20-28-21-14)15(24)19-17-5-8-2-3-10-11(4-8)27-7-26-10/h2-5H,6-7H2,1H3,(H2,16,20)(H,19,24)/b17-5+. The van der Waals surface area contributed by atoms with Crippen LogP contribution in [-0.2, 0) is 11.3 Å². The number of hydrogen-bond donors (Lipinski definition) is 2. The molecule has 3 N–H and O–H groups in total. The average molecular weight is 386 g/mol. The van der Waals surface area contributed by atoms with E-state index in [1.807, 2.05) is 0 Å². The van der Waals surface area contributed by atoms with Crippen LogP contribution in [0.5, 0.6) is 11.5 Å². The molecule has 1 amide bonds. The van der Waals surface area contributed by atoms with Gasteiger partial charge in [-0.2, -0.15) is 9.78 Å². The van der Waals surface area contributed by atoms with Crippen LogP contribution < -0.4 is 20.6 Å². The van der Waals surface area contributed by atoms with Crippen molar-refractivity contribution in [3.63, 3.8) is 0 Å². The van der Waals surface area contributed by atoms with E-state index in [1.54, 1.807) is 18.2 Å². The number of benzene rings is 1. The summed E-state index contributed by atoms with van der Waals surface area (Å²) in [5, 5.41) is 18.8. The minimum absolute atomic E-state index is 0.00459. The highest BCUT2D eigenvalue weighted by Crippen LogP contribution is 2.31. The van der Waals surface area contributed by atoms with Crippen LogP contribution in [0.25, 0.3) is 5.82 Å². The van der Waals surface area contributed by atoms with Gasteiger partial charge in [-0.3, -0.25) is 4.79 Å². The maximum atomic E-state index is 12.5. The molecule has 1 aromatic carbocycles. The summed E-state index contributed by atoms with van der Waals surface area (Å²) in [6.07, 6.45) is 1.46. The average Bonchev–Trinajstić information content (AvgIpc) is 3.41. The van der Waals surface area contributed by atoms with Gasteiger partial charge < -0.3 is 19.9 Å². The fourth-order valence-corrected chi connectivity index (χ4v) is 2.46. The molecular formula is C15H14N8O5. The first-order valence-electron chi connectivity index (χ1n) is 7.92. The molecule has 0 fully saturated rings. The Kier molecular flexibility index (Phi) is 4.55. The SMILES string of the molecule is COCc1c(C(=O)N/N=C/c2ccc3c(c2)OCO3)nnn1-c1nonc1N. The summed E-state index contributed by atoms with van der Waals surface area (Å²) in [6, 6.07) is 5.27. The number of rotatable bonds is 6. The first-order chi connectivity index (χ1) is 13.7. The molecule has 13 heteroatoms. The number of aromatic nitrogens is 5. The van der Waals surface area contributed by atoms with Crippen molar-refractivity contribution in [2.45, 2.75) is 6.61 Å². The number of anilines is 1. The summed E-state index contributed by atoms with van der Waals surface area (Å²) in [6.45, 7) is 0.198. The molecule has 0 bridgehead atoms. The lowest BCUT2D eigenvalue weighted by molar-refractivity contribution is 0.0944. The van der Waals surface area contributed by atoms with Crippen LogP contribution in [0.3, 0.4) is 0 Å². The zero-order valence-corrected chi connectivity index (χ0v) is 14.5. The van der Waals surface area contributed by atoms with Gasteiger partial charge in [0, 0.05) is 7.11 Å². The molecule has 0 unspecified atom stereocenters. The highest BCUT2D eigenvalue weighted by molar-refractivity contribution is 5.94. The number of nitrogens with two attached hydrogens (primary N) is 1. The van der Waals surface area contributed by atoms with E-state index in [-0.39, 0.29) is 30.7 Å². The monoisotopic (exact) mass is 386 g/mol. The van der Waals surface area contributed by atoms with E-state index in [2.05, 4.69) is 35.8 Å². The zero-order chi connectivity index (χ0) is 19.5. The van der Waals surface area contributed by atoms with Crippen LogP contribution in [0.1, 0.15) is 21.7 Å². The zero-order valence-electron chi connectivity index (χ0n) is 14.5. The molecule has 3 heterocycles. The summed E-state index contributed by atoms with van der Waals surface area (Å²) >= 11 is 0. The minimum Gasteiger partial charge on any atom is -0.454 e. The fraction of sp³-hybridized carbons (Fsp3) is 0.200. The molecule has 1 aliphatic rings. The van der Waals surface area contributed by atoms with Crippen molar-refractivity contribution in [1.29, 1.82) is 0 Å². The minimum atomic E-state index is -0.592. The molecule has 0 aliphatic carbocycles. The molecule has 4 rings (SSSR count). The second kappa shape index (κ2) is 7.32. The Labute approximate surface area is 157 Å². The third kappa shape index (κ3) is 3.21. The van der Waals surface area contributed by atoms with E-state index < -0.39 is 5.91 Å². The van der Waals surface area contributed by atoms with Crippen molar-refractivity contribution < 1.29 is 23.6 Å². The van der Waals surface area contributed by atoms with E-state index >= 15 is 0 Å². The first-order valence-corrected chi connectivity index (χ1v) is 7.92. The smallest absolute Gasteiger partial charge is 0.293 e. The number of ether oxygens (including phenoxy) is 3. The second-order valence-corrected chi connectivity index (χ2v) is 5.51. The molecular weight excluding hydrogens is 372 g/mol. The van der Waals surface area contributed by atoms with E-state index in [0.717, 1.165) is 0 Å². The van der Waals surface area contributed by atoms with Crippen LogP contribution in [0.4, 0.5) is 5.82 Å². The second-order valence-electron chi connectivity index (χ2n) is 5.51. The highest BCUT2D eigenvalue weighted by Gasteiger charge is 2.23. The number of methoxy groups -OCH3 is 1. The lowest BCUT2D eigenvalue weighted by atomic mass is 10.2. The Morgan fingerprint density at radius 3 is 3.04 bits per heavy atom. The third-order valence-electron chi connectivity index (χ3n) is 3.73. The molecule has 1 aliphatic heterocycles. The number of hydrogen-bond acceptors (Lipinski definition) is 11. The Hall–Kier alpha value is -4.00. The van der Waals surface area contributed by atoms with Crippen LogP contribution >= 0.6 is 0 Å². The number of nitrogen functional groups attached to an aromatic ring is 1. The molecule has 0 saturated carbocycles.